The summed E-state index contributed by atoms with van der Waals surface area (Å²) in [5.41, 5.74) is 8.64. The van der Waals surface area contributed by atoms with E-state index in [-0.39, 0.29) is 0 Å². The lowest BCUT2D eigenvalue weighted by molar-refractivity contribution is 0.440. The van der Waals surface area contributed by atoms with E-state index in [1.807, 2.05) is 18.2 Å². The molecule has 18 heavy (non-hydrogen) atoms. The van der Waals surface area contributed by atoms with E-state index in [1.165, 1.54) is 25.7 Å². The van der Waals surface area contributed by atoms with Crippen molar-refractivity contribution in [2.45, 2.75) is 38.1 Å². The summed E-state index contributed by atoms with van der Waals surface area (Å²) < 4.78 is 0. The van der Waals surface area contributed by atoms with Gasteiger partial charge >= 0.3 is 0 Å². The minimum absolute atomic E-state index is 0.387. The lowest BCUT2D eigenvalue weighted by atomic mass is 9.95. The van der Waals surface area contributed by atoms with Gasteiger partial charge < -0.3 is 11.1 Å². The summed E-state index contributed by atoms with van der Waals surface area (Å²) in [4.78, 5) is 0. The van der Waals surface area contributed by atoms with Gasteiger partial charge in [0.05, 0.1) is 12.5 Å². The summed E-state index contributed by atoms with van der Waals surface area (Å²) in [5, 5.41) is 12.4. The van der Waals surface area contributed by atoms with Crippen molar-refractivity contribution in [3.05, 3.63) is 23.8 Å². The molecule has 3 unspecified atom stereocenters. The van der Waals surface area contributed by atoms with Gasteiger partial charge in [0, 0.05) is 17.4 Å². The predicted octanol–water partition coefficient (Wildman–Crippen LogP) is 2.94. The maximum atomic E-state index is 8.78. The van der Waals surface area contributed by atoms with Crippen LogP contribution in [0.1, 0.15) is 31.2 Å². The molecule has 0 heterocycles. The van der Waals surface area contributed by atoms with Crippen molar-refractivity contribution in [2.24, 2.45) is 11.8 Å². The number of fused-ring (bicyclic) bond motifs is 2. The lowest BCUT2D eigenvalue weighted by Crippen LogP contribution is -2.25. The summed E-state index contributed by atoms with van der Waals surface area (Å²) in [6, 6.07) is 8.76. The van der Waals surface area contributed by atoms with Gasteiger partial charge in [0.15, 0.2) is 0 Å². The van der Waals surface area contributed by atoms with Gasteiger partial charge in [-0.1, -0.05) is 6.42 Å². The van der Waals surface area contributed by atoms with Crippen LogP contribution in [0.3, 0.4) is 0 Å². The molecule has 2 saturated carbocycles. The average Bonchev–Trinajstić information content (AvgIpc) is 2.96. The van der Waals surface area contributed by atoms with E-state index in [1.54, 1.807) is 0 Å². The Balaban J connectivity index is 1.73. The van der Waals surface area contributed by atoms with E-state index in [0.29, 0.717) is 12.5 Å². The monoisotopic (exact) mass is 241 g/mol. The Hall–Kier alpha value is -1.69. The fourth-order valence-corrected chi connectivity index (χ4v) is 3.57. The minimum Gasteiger partial charge on any atom is -0.398 e. The molecule has 1 aromatic carbocycles. The van der Waals surface area contributed by atoms with E-state index >= 15 is 0 Å². The van der Waals surface area contributed by atoms with Crippen molar-refractivity contribution in [2.75, 3.05) is 11.1 Å². The van der Waals surface area contributed by atoms with E-state index in [9.17, 15) is 0 Å². The number of anilines is 2. The second kappa shape index (κ2) is 4.53. The highest BCUT2D eigenvalue weighted by atomic mass is 14.9. The summed E-state index contributed by atoms with van der Waals surface area (Å²) in [7, 11) is 0. The molecule has 0 aliphatic heterocycles. The van der Waals surface area contributed by atoms with Crippen molar-refractivity contribution in [3.8, 4) is 6.07 Å². The molecule has 3 N–H and O–H groups in total. The van der Waals surface area contributed by atoms with Crippen LogP contribution < -0.4 is 11.1 Å². The topological polar surface area (TPSA) is 61.8 Å². The van der Waals surface area contributed by atoms with Crippen molar-refractivity contribution >= 4 is 11.4 Å². The maximum Gasteiger partial charge on any atom is 0.0670 e. The first kappa shape index (κ1) is 11.4. The molecule has 3 nitrogen and oxygen atoms in total. The highest BCUT2D eigenvalue weighted by Crippen LogP contribution is 2.45. The Morgan fingerprint density at radius 3 is 2.89 bits per heavy atom. The number of nitrogens with one attached hydrogen (secondary N) is 1. The second-order valence-corrected chi connectivity index (χ2v) is 5.67. The van der Waals surface area contributed by atoms with Crippen LogP contribution in [-0.2, 0) is 6.42 Å². The van der Waals surface area contributed by atoms with E-state index in [2.05, 4.69) is 11.4 Å². The van der Waals surface area contributed by atoms with Gasteiger partial charge in [-0.15, -0.1) is 0 Å². The zero-order chi connectivity index (χ0) is 12.5. The number of benzene rings is 1. The SMILES string of the molecule is N#CCc1cc(NC2CC3CCC2C3)ccc1N. The van der Waals surface area contributed by atoms with Gasteiger partial charge in [0.2, 0.25) is 0 Å². The molecule has 3 heteroatoms. The van der Waals surface area contributed by atoms with E-state index in [0.717, 1.165) is 28.8 Å². The Morgan fingerprint density at radius 1 is 1.33 bits per heavy atom. The number of hydrogen-bond donors (Lipinski definition) is 2. The smallest absolute Gasteiger partial charge is 0.0670 e. The lowest BCUT2D eigenvalue weighted by Gasteiger charge is -2.24. The van der Waals surface area contributed by atoms with Crippen molar-refractivity contribution in [1.29, 1.82) is 5.26 Å². The predicted molar refractivity (Wildman–Crippen MR) is 73.0 cm³/mol. The Kier molecular flexibility index (Phi) is 2.87. The van der Waals surface area contributed by atoms with Gasteiger partial charge in [-0.2, -0.15) is 5.26 Å². The Labute approximate surface area is 108 Å². The molecule has 0 radical (unpaired) electrons. The molecule has 2 fully saturated rings. The Morgan fingerprint density at radius 2 is 2.22 bits per heavy atom. The zero-order valence-corrected chi connectivity index (χ0v) is 10.5. The molecule has 0 saturated heterocycles. The quantitative estimate of drug-likeness (QED) is 0.800. The van der Waals surface area contributed by atoms with Crippen LogP contribution in [0.25, 0.3) is 0 Å². The van der Waals surface area contributed by atoms with Gasteiger partial charge in [-0.25, -0.2) is 0 Å². The molecule has 2 bridgehead atoms. The Bertz CT molecular complexity index is 489. The summed E-state index contributed by atoms with van der Waals surface area (Å²) >= 11 is 0. The first-order valence-electron chi connectivity index (χ1n) is 6.78. The van der Waals surface area contributed by atoms with Crippen molar-refractivity contribution in [1.82, 2.24) is 0 Å². The number of nitrogens with two attached hydrogens (primary N) is 1. The van der Waals surface area contributed by atoms with Crippen LogP contribution in [0.5, 0.6) is 0 Å². The third-order valence-corrected chi connectivity index (χ3v) is 4.50. The summed E-state index contributed by atoms with van der Waals surface area (Å²) in [6.07, 6.45) is 5.89. The van der Waals surface area contributed by atoms with E-state index < -0.39 is 0 Å². The molecule has 1 aromatic rings. The third kappa shape index (κ3) is 2.03. The second-order valence-electron chi connectivity index (χ2n) is 5.67. The van der Waals surface area contributed by atoms with Crippen molar-refractivity contribution in [3.63, 3.8) is 0 Å². The van der Waals surface area contributed by atoms with Crippen LogP contribution in [0.2, 0.25) is 0 Å². The zero-order valence-electron chi connectivity index (χ0n) is 10.5. The standard InChI is InChI=1S/C15H19N3/c16-6-5-11-9-13(3-4-14(11)17)18-15-8-10-1-2-12(15)7-10/h3-4,9-10,12,15,18H,1-2,5,7-8,17H2. The van der Waals surface area contributed by atoms with Gasteiger partial charge in [0.25, 0.3) is 0 Å². The highest BCUT2D eigenvalue weighted by Gasteiger charge is 2.39. The average molecular weight is 241 g/mol. The number of nitrogen functional groups attached to an aromatic ring is 1. The fourth-order valence-electron chi connectivity index (χ4n) is 3.57. The van der Waals surface area contributed by atoms with Gasteiger partial charge in [-0.3, -0.25) is 0 Å². The normalized spacial score (nSPS) is 29.2. The molecule has 0 amide bonds. The molecule has 0 spiro atoms. The molecular weight excluding hydrogens is 222 g/mol. The molecule has 2 aliphatic carbocycles. The maximum absolute atomic E-state index is 8.78. The molecule has 94 valence electrons. The van der Waals surface area contributed by atoms with Crippen LogP contribution in [0.15, 0.2) is 18.2 Å². The highest BCUT2D eigenvalue weighted by molar-refractivity contribution is 5.58. The van der Waals surface area contributed by atoms with Crippen LogP contribution in [-0.4, -0.2) is 6.04 Å². The third-order valence-electron chi connectivity index (χ3n) is 4.50. The number of nitriles is 1. The van der Waals surface area contributed by atoms with Gasteiger partial charge in [-0.05, 0) is 54.9 Å². The van der Waals surface area contributed by atoms with Crippen LogP contribution >= 0.6 is 0 Å². The molecule has 3 atom stereocenters. The first-order valence-corrected chi connectivity index (χ1v) is 6.78. The largest absolute Gasteiger partial charge is 0.398 e. The molecule has 2 aliphatic rings. The van der Waals surface area contributed by atoms with Crippen LogP contribution in [0, 0.1) is 23.2 Å². The molecule has 3 rings (SSSR count). The number of nitrogens with zero attached hydrogens (tertiary/aromatic N) is 1. The summed E-state index contributed by atoms with van der Waals surface area (Å²) in [6.45, 7) is 0. The molecule has 0 aromatic heterocycles. The molecular formula is C15H19N3. The van der Waals surface area contributed by atoms with E-state index in [4.69, 9.17) is 11.0 Å². The van der Waals surface area contributed by atoms with Crippen LogP contribution in [0.4, 0.5) is 11.4 Å². The fraction of sp³-hybridized carbons (Fsp3) is 0.533. The summed E-state index contributed by atoms with van der Waals surface area (Å²) in [5.74, 6) is 1.80. The number of rotatable bonds is 3. The van der Waals surface area contributed by atoms with Gasteiger partial charge in [0.1, 0.15) is 0 Å². The van der Waals surface area contributed by atoms with Crippen molar-refractivity contribution < 1.29 is 0 Å². The minimum atomic E-state index is 0.387. The number of hydrogen-bond acceptors (Lipinski definition) is 3. The first-order chi connectivity index (χ1) is 8.76.